The van der Waals surface area contributed by atoms with Crippen LogP contribution in [0, 0.1) is 5.41 Å². The van der Waals surface area contributed by atoms with Crippen LogP contribution < -0.4 is 10.6 Å². The molecule has 0 radical (unpaired) electrons. The molecule has 0 unspecified atom stereocenters. The molecule has 0 aliphatic heterocycles. The molecular formula is C20H36N4OS. The van der Waals surface area contributed by atoms with Crippen LogP contribution in [0.25, 0.3) is 0 Å². The van der Waals surface area contributed by atoms with Crippen molar-refractivity contribution in [2.45, 2.75) is 72.3 Å². The fraction of sp³-hybridized carbons (Fsp3) is 0.800. The minimum atomic E-state index is 0.358. The normalized spacial score (nSPS) is 17.0. The second-order valence-electron chi connectivity index (χ2n) is 7.52. The van der Waals surface area contributed by atoms with Gasteiger partial charge in [-0.3, -0.25) is 0 Å². The van der Waals surface area contributed by atoms with E-state index in [4.69, 9.17) is 9.73 Å². The van der Waals surface area contributed by atoms with E-state index in [1.54, 1.807) is 11.3 Å². The molecule has 0 bridgehead atoms. The summed E-state index contributed by atoms with van der Waals surface area (Å²) in [6.07, 6.45) is 6.38. The zero-order chi connectivity index (χ0) is 18.8. The van der Waals surface area contributed by atoms with Crippen LogP contribution in [0.3, 0.4) is 0 Å². The summed E-state index contributed by atoms with van der Waals surface area (Å²) < 4.78 is 5.62. The van der Waals surface area contributed by atoms with Gasteiger partial charge in [-0.1, -0.05) is 26.7 Å². The van der Waals surface area contributed by atoms with Crippen molar-refractivity contribution in [3.05, 3.63) is 16.1 Å². The van der Waals surface area contributed by atoms with Crippen LogP contribution >= 0.6 is 11.3 Å². The third kappa shape index (κ3) is 6.54. The smallest absolute Gasteiger partial charge is 0.191 e. The van der Waals surface area contributed by atoms with Gasteiger partial charge in [0.2, 0.25) is 0 Å². The molecule has 1 aliphatic rings. The summed E-state index contributed by atoms with van der Waals surface area (Å²) in [6, 6.07) is 0. The van der Waals surface area contributed by atoms with E-state index in [2.05, 4.69) is 48.7 Å². The van der Waals surface area contributed by atoms with Crippen LogP contribution in [0.15, 0.2) is 10.4 Å². The van der Waals surface area contributed by atoms with Crippen molar-refractivity contribution in [1.82, 2.24) is 15.6 Å². The van der Waals surface area contributed by atoms with E-state index >= 15 is 0 Å². The number of rotatable bonds is 10. The van der Waals surface area contributed by atoms with Crippen LogP contribution in [0.4, 0.5) is 0 Å². The molecule has 1 aliphatic carbocycles. The Morgan fingerprint density at radius 3 is 2.69 bits per heavy atom. The molecule has 1 aromatic heterocycles. The highest BCUT2D eigenvalue weighted by atomic mass is 32.1. The summed E-state index contributed by atoms with van der Waals surface area (Å²) in [6.45, 7) is 12.7. The lowest BCUT2D eigenvalue weighted by Gasteiger charge is -2.30. The first-order valence-electron chi connectivity index (χ1n) is 10.1. The number of hydrogen-bond donors (Lipinski definition) is 2. The average molecular weight is 381 g/mol. The predicted molar refractivity (Wildman–Crippen MR) is 111 cm³/mol. The summed E-state index contributed by atoms with van der Waals surface area (Å²) >= 11 is 1.70. The fourth-order valence-electron chi connectivity index (χ4n) is 3.50. The fourth-order valence-corrected chi connectivity index (χ4v) is 4.37. The van der Waals surface area contributed by atoms with E-state index in [9.17, 15) is 0 Å². The van der Waals surface area contributed by atoms with Gasteiger partial charge < -0.3 is 15.4 Å². The predicted octanol–water partition coefficient (Wildman–Crippen LogP) is 4.31. The topological polar surface area (TPSA) is 58.5 Å². The van der Waals surface area contributed by atoms with E-state index < -0.39 is 0 Å². The van der Waals surface area contributed by atoms with Crippen molar-refractivity contribution in [3.63, 3.8) is 0 Å². The van der Waals surface area contributed by atoms with E-state index in [1.807, 2.05) is 0 Å². The maximum absolute atomic E-state index is 5.62. The van der Waals surface area contributed by atoms with Crippen molar-refractivity contribution < 1.29 is 4.74 Å². The number of nitrogens with zero attached hydrogens (tertiary/aromatic N) is 2. The SMILES string of the molecule is CCNC(=NCc1nc(C(C)C)cs1)NCC1(CCOCC)CCCC1. The second kappa shape index (κ2) is 10.9. The number of ether oxygens (including phenoxy) is 1. The molecule has 0 aromatic carbocycles. The Labute approximate surface area is 163 Å². The minimum Gasteiger partial charge on any atom is -0.382 e. The first-order valence-corrected chi connectivity index (χ1v) is 11.0. The first kappa shape index (κ1) is 21.2. The highest BCUT2D eigenvalue weighted by Crippen LogP contribution is 2.40. The Kier molecular flexibility index (Phi) is 8.85. The molecule has 6 heteroatoms. The molecule has 1 fully saturated rings. The van der Waals surface area contributed by atoms with Gasteiger partial charge in [0.25, 0.3) is 0 Å². The monoisotopic (exact) mass is 380 g/mol. The van der Waals surface area contributed by atoms with E-state index in [-0.39, 0.29) is 0 Å². The summed E-state index contributed by atoms with van der Waals surface area (Å²) in [5, 5.41) is 10.2. The van der Waals surface area contributed by atoms with Gasteiger partial charge in [-0.2, -0.15) is 0 Å². The minimum absolute atomic E-state index is 0.358. The maximum Gasteiger partial charge on any atom is 0.191 e. The molecule has 26 heavy (non-hydrogen) atoms. The second-order valence-corrected chi connectivity index (χ2v) is 8.47. The summed E-state index contributed by atoms with van der Waals surface area (Å²) in [7, 11) is 0. The van der Waals surface area contributed by atoms with Crippen molar-refractivity contribution in [2.75, 3.05) is 26.3 Å². The summed E-state index contributed by atoms with van der Waals surface area (Å²) in [5.74, 6) is 1.37. The highest BCUT2D eigenvalue weighted by Gasteiger charge is 2.33. The van der Waals surface area contributed by atoms with Gasteiger partial charge in [-0.05, 0) is 44.4 Å². The third-order valence-corrected chi connectivity index (χ3v) is 6.01. The Morgan fingerprint density at radius 1 is 1.31 bits per heavy atom. The number of hydrogen-bond acceptors (Lipinski definition) is 4. The van der Waals surface area contributed by atoms with Crippen LogP contribution in [-0.4, -0.2) is 37.2 Å². The Morgan fingerprint density at radius 2 is 2.08 bits per heavy atom. The highest BCUT2D eigenvalue weighted by molar-refractivity contribution is 7.09. The largest absolute Gasteiger partial charge is 0.382 e. The molecule has 0 spiro atoms. The van der Waals surface area contributed by atoms with Gasteiger partial charge in [0, 0.05) is 31.7 Å². The lowest BCUT2D eigenvalue weighted by atomic mass is 9.83. The van der Waals surface area contributed by atoms with Gasteiger partial charge in [-0.15, -0.1) is 11.3 Å². The van der Waals surface area contributed by atoms with Crippen molar-refractivity contribution in [1.29, 1.82) is 0 Å². The van der Waals surface area contributed by atoms with Gasteiger partial charge in [-0.25, -0.2) is 9.98 Å². The Balaban J connectivity index is 1.92. The van der Waals surface area contributed by atoms with Gasteiger partial charge >= 0.3 is 0 Å². The maximum atomic E-state index is 5.62. The van der Waals surface area contributed by atoms with Crippen molar-refractivity contribution in [3.8, 4) is 0 Å². The third-order valence-electron chi connectivity index (χ3n) is 5.15. The molecule has 0 amide bonds. The molecule has 148 valence electrons. The number of aliphatic imine (C=N–C) groups is 1. The van der Waals surface area contributed by atoms with Crippen LogP contribution in [0.5, 0.6) is 0 Å². The lowest BCUT2D eigenvalue weighted by Crippen LogP contribution is -2.43. The molecular weight excluding hydrogens is 344 g/mol. The van der Waals surface area contributed by atoms with E-state index in [0.717, 1.165) is 43.7 Å². The van der Waals surface area contributed by atoms with E-state index in [0.29, 0.717) is 17.9 Å². The molecule has 1 aromatic rings. The Bertz CT molecular complexity index is 550. The standard InChI is InChI=1S/C20H36N4OS/c1-5-21-19(22-13-18-24-17(14-26-18)16(3)4)23-15-20(9-7-8-10-20)11-12-25-6-2/h14,16H,5-13,15H2,1-4H3,(H2,21,22,23). The molecule has 2 rings (SSSR count). The summed E-state index contributed by atoms with van der Waals surface area (Å²) in [5.41, 5.74) is 1.52. The quantitative estimate of drug-likeness (QED) is 0.361. The number of guanidine groups is 1. The van der Waals surface area contributed by atoms with Crippen molar-refractivity contribution >= 4 is 17.3 Å². The molecule has 1 heterocycles. The average Bonchev–Trinajstić information content (AvgIpc) is 3.28. The lowest BCUT2D eigenvalue weighted by molar-refractivity contribution is 0.105. The molecule has 2 N–H and O–H groups in total. The van der Waals surface area contributed by atoms with Crippen LogP contribution in [0.2, 0.25) is 0 Å². The van der Waals surface area contributed by atoms with Crippen LogP contribution in [-0.2, 0) is 11.3 Å². The number of nitrogens with one attached hydrogen (secondary N) is 2. The van der Waals surface area contributed by atoms with E-state index in [1.165, 1.54) is 31.4 Å². The number of aromatic nitrogens is 1. The van der Waals surface area contributed by atoms with Gasteiger partial charge in [0.1, 0.15) is 5.01 Å². The Hall–Kier alpha value is -1.14. The van der Waals surface area contributed by atoms with Gasteiger partial charge in [0.05, 0.1) is 12.2 Å². The van der Waals surface area contributed by atoms with Crippen LogP contribution in [0.1, 0.15) is 76.4 Å². The molecule has 5 nitrogen and oxygen atoms in total. The number of thiazole rings is 1. The first-order chi connectivity index (χ1) is 12.6. The summed E-state index contributed by atoms with van der Waals surface area (Å²) in [4.78, 5) is 9.44. The molecule has 0 saturated heterocycles. The zero-order valence-electron chi connectivity index (χ0n) is 16.9. The molecule has 1 saturated carbocycles. The van der Waals surface area contributed by atoms with Crippen molar-refractivity contribution in [2.24, 2.45) is 10.4 Å². The van der Waals surface area contributed by atoms with Gasteiger partial charge in [0.15, 0.2) is 5.96 Å². The zero-order valence-corrected chi connectivity index (χ0v) is 17.8. The molecule has 0 atom stereocenters.